The number of H-pyrrole nitrogens is 1. The first-order valence-electron chi connectivity index (χ1n) is 9.37. The number of aromatic amines is 1. The summed E-state index contributed by atoms with van der Waals surface area (Å²) in [5.41, 5.74) is 5.05. The Bertz CT molecular complexity index is 1280. The second-order valence-electron chi connectivity index (χ2n) is 7.00. The lowest BCUT2D eigenvalue weighted by Crippen LogP contribution is -2.02. The molecule has 0 spiro atoms. The van der Waals surface area contributed by atoms with E-state index in [1.165, 1.54) is 0 Å². The Kier molecular flexibility index (Phi) is 4.90. The molecule has 148 valence electrons. The molecule has 2 aromatic carbocycles. The highest BCUT2D eigenvalue weighted by atomic mass is 16.5. The van der Waals surface area contributed by atoms with E-state index < -0.39 is 0 Å². The van der Waals surface area contributed by atoms with E-state index in [2.05, 4.69) is 26.3 Å². The van der Waals surface area contributed by atoms with Crippen LogP contribution in [0, 0.1) is 25.2 Å². The minimum atomic E-state index is 0.00967. The van der Waals surface area contributed by atoms with Crippen molar-refractivity contribution in [2.45, 2.75) is 20.8 Å². The van der Waals surface area contributed by atoms with Crippen LogP contribution in [0.3, 0.4) is 0 Å². The standard InChI is InChI=1S/C23H19N5O2/c1-13-10-17(15(3)29)11-14(2)21(13)30-22-20-19(8-9-25-20)27-23(28-22)26-18-6-4-16(12-24)5-7-18/h4-11,25H,1-3H3,(H,26,27,28). The zero-order chi connectivity index (χ0) is 21.3. The molecule has 0 atom stereocenters. The van der Waals surface area contributed by atoms with Crippen LogP contribution in [-0.2, 0) is 0 Å². The normalized spacial score (nSPS) is 10.6. The van der Waals surface area contributed by atoms with Crippen LogP contribution in [0.5, 0.6) is 11.6 Å². The third-order valence-corrected chi connectivity index (χ3v) is 4.71. The summed E-state index contributed by atoms with van der Waals surface area (Å²) in [7, 11) is 0. The molecule has 7 nitrogen and oxygen atoms in total. The number of ether oxygens (including phenoxy) is 1. The predicted molar refractivity (Wildman–Crippen MR) is 114 cm³/mol. The van der Waals surface area contributed by atoms with Crippen LogP contribution in [0.1, 0.15) is 34.0 Å². The first-order chi connectivity index (χ1) is 14.4. The van der Waals surface area contributed by atoms with Crippen LogP contribution in [-0.4, -0.2) is 20.7 Å². The molecule has 0 fully saturated rings. The number of nitriles is 1. The quantitative estimate of drug-likeness (QED) is 0.449. The average Bonchev–Trinajstić information content (AvgIpc) is 3.19. The number of anilines is 2. The van der Waals surface area contributed by atoms with Gasteiger partial charge in [0.05, 0.1) is 17.1 Å². The maximum absolute atomic E-state index is 11.7. The summed E-state index contributed by atoms with van der Waals surface area (Å²) in [5, 5.41) is 12.1. The minimum absolute atomic E-state index is 0.00967. The summed E-state index contributed by atoms with van der Waals surface area (Å²) >= 11 is 0. The molecule has 0 saturated carbocycles. The Morgan fingerprint density at radius 3 is 2.43 bits per heavy atom. The largest absolute Gasteiger partial charge is 0.436 e. The number of carbonyl (C=O) groups excluding carboxylic acids is 1. The molecule has 30 heavy (non-hydrogen) atoms. The number of Topliss-reactive ketones (excluding diaryl/α,β-unsaturated/α-hetero) is 1. The number of aromatic nitrogens is 3. The SMILES string of the molecule is CC(=O)c1cc(C)c(Oc2nc(Nc3ccc(C#N)cc3)nc3cc[nH]c23)c(C)c1. The summed E-state index contributed by atoms with van der Waals surface area (Å²) < 4.78 is 6.18. The van der Waals surface area contributed by atoms with Crippen LogP contribution in [0.2, 0.25) is 0 Å². The number of carbonyl (C=O) groups is 1. The second-order valence-corrected chi connectivity index (χ2v) is 7.00. The average molecular weight is 397 g/mol. The number of benzene rings is 2. The van der Waals surface area contributed by atoms with E-state index in [9.17, 15) is 4.79 Å². The van der Waals surface area contributed by atoms with E-state index in [0.29, 0.717) is 39.7 Å². The van der Waals surface area contributed by atoms with Crippen LogP contribution in [0.4, 0.5) is 11.6 Å². The first-order valence-corrected chi connectivity index (χ1v) is 9.37. The number of fused-ring (bicyclic) bond motifs is 1. The van der Waals surface area contributed by atoms with E-state index in [1.54, 1.807) is 37.4 Å². The first kappa shape index (κ1) is 19.2. The minimum Gasteiger partial charge on any atom is -0.436 e. The molecule has 0 aliphatic carbocycles. The van der Waals surface area contributed by atoms with Gasteiger partial charge in [0, 0.05) is 17.4 Å². The number of rotatable bonds is 5. The van der Waals surface area contributed by atoms with Gasteiger partial charge >= 0.3 is 0 Å². The molecule has 2 heterocycles. The van der Waals surface area contributed by atoms with Crippen LogP contribution in [0.15, 0.2) is 48.7 Å². The van der Waals surface area contributed by atoms with Gasteiger partial charge in [-0.25, -0.2) is 4.98 Å². The number of nitrogens with zero attached hydrogens (tertiary/aromatic N) is 3. The summed E-state index contributed by atoms with van der Waals surface area (Å²) in [4.78, 5) is 23.9. The maximum Gasteiger partial charge on any atom is 0.248 e. The molecular weight excluding hydrogens is 378 g/mol. The van der Waals surface area contributed by atoms with Crippen molar-refractivity contribution < 1.29 is 9.53 Å². The van der Waals surface area contributed by atoms with Crippen molar-refractivity contribution in [1.82, 2.24) is 15.0 Å². The molecule has 0 radical (unpaired) electrons. The summed E-state index contributed by atoms with van der Waals surface area (Å²) in [5.74, 6) is 1.41. The van der Waals surface area contributed by atoms with Crippen molar-refractivity contribution in [3.8, 4) is 17.7 Å². The van der Waals surface area contributed by atoms with E-state index in [1.807, 2.05) is 32.0 Å². The molecule has 2 aromatic heterocycles. The molecule has 0 aliphatic rings. The predicted octanol–water partition coefficient (Wildman–Crippen LogP) is 5.18. The third kappa shape index (κ3) is 3.71. The fourth-order valence-corrected chi connectivity index (χ4v) is 3.22. The van der Waals surface area contributed by atoms with Crippen molar-refractivity contribution in [3.05, 3.63) is 70.9 Å². The summed E-state index contributed by atoms with van der Waals surface area (Å²) in [6.45, 7) is 5.35. The Hall–Kier alpha value is -4.18. The lowest BCUT2D eigenvalue weighted by Gasteiger charge is -2.14. The third-order valence-electron chi connectivity index (χ3n) is 4.71. The molecule has 4 aromatic rings. The molecule has 0 aliphatic heterocycles. The Labute approximate surface area is 173 Å². The van der Waals surface area contributed by atoms with Crippen molar-refractivity contribution in [2.24, 2.45) is 0 Å². The number of aryl methyl sites for hydroxylation is 2. The van der Waals surface area contributed by atoms with Crippen LogP contribution < -0.4 is 10.1 Å². The molecule has 0 amide bonds. The smallest absolute Gasteiger partial charge is 0.248 e. The van der Waals surface area contributed by atoms with E-state index in [0.717, 1.165) is 16.8 Å². The number of nitrogens with one attached hydrogen (secondary N) is 2. The van der Waals surface area contributed by atoms with Crippen molar-refractivity contribution in [2.75, 3.05) is 5.32 Å². The maximum atomic E-state index is 11.7. The van der Waals surface area contributed by atoms with Gasteiger partial charge < -0.3 is 15.0 Å². The van der Waals surface area contributed by atoms with Gasteiger partial charge in [-0.3, -0.25) is 4.79 Å². The van der Waals surface area contributed by atoms with Crippen molar-refractivity contribution in [1.29, 1.82) is 5.26 Å². The van der Waals surface area contributed by atoms with Gasteiger partial charge in [0.15, 0.2) is 5.78 Å². The van der Waals surface area contributed by atoms with Gasteiger partial charge in [-0.05, 0) is 74.4 Å². The molecule has 7 heteroatoms. The lowest BCUT2D eigenvalue weighted by atomic mass is 10.0. The number of hydrogen-bond donors (Lipinski definition) is 2. The number of hydrogen-bond acceptors (Lipinski definition) is 6. The molecule has 2 N–H and O–H groups in total. The fourth-order valence-electron chi connectivity index (χ4n) is 3.22. The molecule has 0 saturated heterocycles. The van der Waals surface area contributed by atoms with Gasteiger partial charge in [0.25, 0.3) is 0 Å². The zero-order valence-electron chi connectivity index (χ0n) is 16.8. The van der Waals surface area contributed by atoms with Crippen LogP contribution >= 0.6 is 0 Å². The number of ketones is 1. The molecule has 4 rings (SSSR count). The highest BCUT2D eigenvalue weighted by Gasteiger charge is 2.15. The highest BCUT2D eigenvalue weighted by Crippen LogP contribution is 2.33. The van der Waals surface area contributed by atoms with Crippen molar-refractivity contribution >= 4 is 28.5 Å². The summed E-state index contributed by atoms with van der Waals surface area (Å²) in [6.07, 6.45) is 1.77. The monoisotopic (exact) mass is 397 g/mol. The van der Waals surface area contributed by atoms with E-state index in [4.69, 9.17) is 10.00 Å². The topological polar surface area (TPSA) is 104 Å². The molecule has 0 bridgehead atoms. The van der Waals surface area contributed by atoms with Crippen LogP contribution in [0.25, 0.3) is 11.0 Å². The zero-order valence-corrected chi connectivity index (χ0v) is 16.8. The highest BCUT2D eigenvalue weighted by molar-refractivity contribution is 5.94. The second kappa shape index (κ2) is 7.68. The van der Waals surface area contributed by atoms with E-state index in [-0.39, 0.29) is 5.78 Å². The van der Waals surface area contributed by atoms with E-state index >= 15 is 0 Å². The van der Waals surface area contributed by atoms with Gasteiger partial charge in [-0.2, -0.15) is 10.2 Å². The van der Waals surface area contributed by atoms with Gasteiger partial charge in [0.1, 0.15) is 11.3 Å². The van der Waals surface area contributed by atoms with Gasteiger partial charge in [-0.15, -0.1) is 0 Å². The molecule has 0 unspecified atom stereocenters. The summed E-state index contributed by atoms with van der Waals surface area (Å²) in [6, 6.07) is 14.6. The Morgan fingerprint density at radius 1 is 1.10 bits per heavy atom. The lowest BCUT2D eigenvalue weighted by molar-refractivity contribution is 0.101. The molecular formula is C23H19N5O2. The Morgan fingerprint density at radius 2 is 1.80 bits per heavy atom. The van der Waals surface area contributed by atoms with Gasteiger partial charge in [-0.1, -0.05) is 0 Å². The van der Waals surface area contributed by atoms with Gasteiger partial charge in [0.2, 0.25) is 11.8 Å². The Balaban J connectivity index is 1.71. The fraction of sp³-hybridized carbons (Fsp3) is 0.130. The van der Waals surface area contributed by atoms with Crippen molar-refractivity contribution in [3.63, 3.8) is 0 Å².